The van der Waals surface area contributed by atoms with Crippen molar-refractivity contribution in [1.82, 2.24) is 9.03 Å². The predicted molar refractivity (Wildman–Crippen MR) is 87.0 cm³/mol. The number of rotatable bonds is 5. The fourth-order valence-electron chi connectivity index (χ4n) is 2.84. The highest BCUT2D eigenvalue weighted by molar-refractivity contribution is 7.89. The van der Waals surface area contributed by atoms with E-state index >= 15 is 0 Å². The van der Waals surface area contributed by atoms with E-state index in [0.717, 1.165) is 32.1 Å². The second-order valence-electron chi connectivity index (χ2n) is 6.33. The van der Waals surface area contributed by atoms with Crippen molar-refractivity contribution >= 4 is 20.0 Å². The summed E-state index contributed by atoms with van der Waals surface area (Å²) in [5.41, 5.74) is 0. The minimum atomic E-state index is -3.57. The van der Waals surface area contributed by atoms with E-state index in [1.807, 2.05) is 6.92 Å². The molecule has 0 spiro atoms. The molecule has 1 saturated heterocycles. The van der Waals surface area contributed by atoms with E-state index in [1.165, 1.54) is 28.6 Å². The summed E-state index contributed by atoms with van der Waals surface area (Å²) in [7, 11) is -7.12. The van der Waals surface area contributed by atoms with E-state index in [4.69, 9.17) is 0 Å². The third kappa shape index (κ3) is 3.60. The van der Waals surface area contributed by atoms with E-state index < -0.39 is 20.0 Å². The Morgan fingerprint density at radius 2 is 1.57 bits per heavy atom. The highest BCUT2D eigenvalue weighted by Gasteiger charge is 2.32. The Balaban J connectivity index is 1.83. The van der Waals surface area contributed by atoms with Gasteiger partial charge in [-0.05, 0) is 56.9 Å². The lowest BCUT2D eigenvalue weighted by Gasteiger charge is -2.32. The number of nitrogens with zero attached hydrogens (tertiary/aromatic N) is 1. The molecule has 1 aliphatic carbocycles. The zero-order valence-electron chi connectivity index (χ0n) is 13.1. The summed E-state index contributed by atoms with van der Waals surface area (Å²) in [4.78, 5) is 0.256. The zero-order valence-corrected chi connectivity index (χ0v) is 14.7. The first-order valence-corrected chi connectivity index (χ1v) is 10.9. The van der Waals surface area contributed by atoms with Gasteiger partial charge in [-0.3, -0.25) is 0 Å². The van der Waals surface area contributed by atoms with Gasteiger partial charge < -0.3 is 0 Å². The van der Waals surface area contributed by atoms with Gasteiger partial charge in [0.1, 0.15) is 0 Å². The molecule has 1 unspecified atom stereocenters. The van der Waals surface area contributed by atoms with Gasteiger partial charge in [0.15, 0.2) is 0 Å². The Bertz CT molecular complexity index is 768. The second-order valence-corrected chi connectivity index (χ2v) is 9.93. The van der Waals surface area contributed by atoms with Crippen molar-refractivity contribution in [2.45, 2.75) is 60.9 Å². The quantitative estimate of drug-likeness (QED) is 0.868. The van der Waals surface area contributed by atoms with Gasteiger partial charge in [-0.25, -0.2) is 21.6 Å². The van der Waals surface area contributed by atoms with Crippen LogP contribution in [-0.2, 0) is 20.0 Å². The molecule has 1 aromatic carbocycles. The number of sulfonamides is 2. The summed E-state index contributed by atoms with van der Waals surface area (Å²) in [5.74, 6) is 0. The van der Waals surface area contributed by atoms with Gasteiger partial charge in [0.2, 0.25) is 20.0 Å². The molecular formula is C15H22N2O4S2. The Hall–Kier alpha value is -0.960. The van der Waals surface area contributed by atoms with Gasteiger partial charge in [-0.2, -0.15) is 4.31 Å². The molecule has 8 heteroatoms. The molecule has 1 aliphatic heterocycles. The average molecular weight is 358 g/mol. The van der Waals surface area contributed by atoms with Crippen molar-refractivity contribution in [3.05, 3.63) is 24.3 Å². The summed E-state index contributed by atoms with van der Waals surface area (Å²) in [6, 6.07) is 5.51. The van der Waals surface area contributed by atoms with E-state index in [9.17, 15) is 16.8 Å². The number of benzene rings is 1. The van der Waals surface area contributed by atoms with Crippen LogP contribution in [-0.4, -0.2) is 39.8 Å². The fourth-order valence-corrected chi connectivity index (χ4v) is 5.85. The van der Waals surface area contributed by atoms with Gasteiger partial charge in [0.25, 0.3) is 0 Å². The molecule has 6 nitrogen and oxygen atoms in total. The van der Waals surface area contributed by atoms with Crippen LogP contribution in [0.3, 0.4) is 0 Å². The Labute approximate surface area is 138 Å². The van der Waals surface area contributed by atoms with Crippen molar-refractivity contribution in [3.8, 4) is 0 Å². The van der Waals surface area contributed by atoms with Crippen molar-refractivity contribution in [1.29, 1.82) is 0 Å². The molecule has 23 heavy (non-hydrogen) atoms. The Kier molecular flexibility index (Phi) is 4.52. The summed E-state index contributed by atoms with van der Waals surface area (Å²) >= 11 is 0. The number of hydrogen-bond donors (Lipinski definition) is 1. The first-order chi connectivity index (χ1) is 10.8. The van der Waals surface area contributed by atoms with Gasteiger partial charge in [0.05, 0.1) is 9.79 Å². The SMILES string of the molecule is CC1CCCCN1S(=O)(=O)c1ccc(S(=O)(=O)NC2CC2)cc1. The molecule has 1 atom stereocenters. The van der Waals surface area contributed by atoms with E-state index in [-0.39, 0.29) is 21.9 Å². The van der Waals surface area contributed by atoms with Crippen molar-refractivity contribution < 1.29 is 16.8 Å². The molecule has 3 rings (SSSR count). The Morgan fingerprint density at radius 3 is 2.13 bits per heavy atom. The lowest BCUT2D eigenvalue weighted by atomic mass is 10.1. The van der Waals surface area contributed by atoms with Crippen LogP contribution in [0, 0.1) is 0 Å². The third-order valence-electron chi connectivity index (χ3n) is 4.38. The van der Waals surface area contributed by atoms with Crippen LogP contribution < -0.4 is 4.72 Å². The fraction of sp³-hybridized carbons (Fsp3) is 0.600. The molecule has 1 aromatic rings. The summed E-state index contributed by atoms with van der Waals surface area (Å²) < 4.78 is 53.8. The summed E-state index contributed by atoms with van der Waals surface area (Å²) in [6.07, 6.45) is 4.48. The van der Waals surface area contributed by atoms with Gasteiger partial charge >= 0.3 is 0 Å². The molecule has 1 N–H and O–H groups in total. The molecule has 128 valence electrons. The molecule has 0 aromatic heterocycles. The average Bonchev–Trinajstić information content (AvgIpc) is 3.31. The van der Waals surface area contributed by atoms with Gasteiger partial charge in [0, 0.05) is 18.6 Å². The van der Waals surface area contributed by atoms with Crippen LogP contribution in [0.25, 0.3) is 0 Å². The van der Waals surface area contributed by atoms with Crippen LogP contribution in [0.15, 0.2) is 34.1 Å². The van der Waals surface area contributed by atoms with E-state index in [2.05, 4.69) is 4.72 Å². The van der Waals surface area contributed by atoms with Gasteiger partial charge in [-0.15, -0.1) is 0 Å². The van der Waals surface area contributed by atoms with Gasteiger partial charge in [-0.1, -0.05) is 6.42 Å². The molecule has 2 fully saturated rings. The second kappa shape index (κ2) is 6.16. The lowest BCUT2D eigenvalue weighted by Crippen LogP contribution is -2.41. The van der Waals surface area contributed by atoms with Crippen LogP contribution >= 0.6 is 0 Å². The maximum absolute atomic E-state index is 12.7. The van der Waals surface area contributed by atoms with Crippen molar-refractivity contribution in [2.75, 3.05) is 6.54 Å². The highest BCUT2D eigenvalue weighted by Crippen LogP contribution is 2.26. The normalized spacial score (nSPS) is 23.8. The minimum absolute atomic E-state index is 0.0197. The lowest BCUT2D eigenvalue weighted by molar-refractivity contribution is 0.268. The molecule has 0 amide bonds. The first-order valence-electron chi connectivity index (χ1n) is 7.95. The smallest absolute Gasteiger partial charge is 0.208 e. The topological polar surface area (TPSA) is 83.6 Å². The van der Waals surface area contributed by atoms with Crippen LogP contribution in [0.4, 0.5) is 0 Å². The monoisotopic (exact) mass is 358 g/mol. The summed E-state index contributed by atoms with van der Waals surface area (Å²) in [6.45, 7) is 2.43. The summed E-state index contributed by atoms with van der Waals surface area (Å²) in [5, 5.41) is 0. The molecule has 2 aliphatic rings. The minimum Gasteiger partial charge on any atom is -0.208 e. The molecule has 1 heterocycles. The Morgan fingerprint density at radius 1 is 0.957 bits per heavy atom. The largest absolute Gasteiger partial charge is 0.243 e. The van der Waals surface area contributed by atoms with Crippen molar-refractivity contribution in [3.63, 3.8) is 0 Å². The highest BCUT2D eigenvalue weighted by atomic mass is 32.2. The molecular weight excluding hydrogens is 336 g/mol. The standard InChI is InChI=1S/C15H22N2O4S2/c1-12-4-2-3-11-17(12)23(20,21)15-9-7-14(8-10-15)22(18,19)16-13-5-6-13/h7-10,12-13,16H,2-6,11H2,1H3. The van der Waals surface area contributed by atoms with E-state index in [0.29, 0.717) is 6.54 Å². The maximum Gasteiger partial charge on any atom is 0.243 e. The molecule has 0 radical (unpaired) electrons. The number of hydrogen-bond acceptors (Lipinski definition) is 4. The molecule has 1 saturated carbocycles. The predicted octanol–water partition coefficient (Wildman–Crippen LogP) is 1.69. The first kappa shape index (κ1) is 16.9. The number of nitrogens with one attached hydrogen (secondary N) is 1. The van der Waals surface area contributed by atoms with Crippen LogP contribution in [0.2, 0.25) is 0 Å². The number of piperidine rings is 1. The molecule has 0 bridgehead atoms. The van der Waals surface area contributed by atoms with Crippen molar-refractivity contribution in [2.24, 2.45) is 0 Å². The van der Waals surface area contributed by atoms with Crippen LogP contribution in [0.5, 0.6) is 0 Å². The third-order valence-corrected chi connectivity index (χ3v) is 7.95. The van der Waals surface area contributed by atoms with E-state index in [1.54, 1.807) is 0 Å². The maximum atomic E-state index is 12.7. The van der Waals surface area contributed by atoms with Crippen LogP contribution in [0.1, 0.15) is 39.0 Å². The zero-order chi connectivity index (χ0) is 16.7.